The van der Waals surface area contributed by atoms with E-state index in [0.717, 1.165) is 44.3 Å². The van der Waals surface area contributed by atoms with E-state index in [-0.39, 0.29) is 11.6 Å². The number of carbonyl (C=O) groups is 2. The Kier molecular flexibility index (Phi) is 8.90. The lowest BCUT2D eigenvalue weighted by Gasteiger charge is -2.33. The number of hydrogen-bond donors (Lipinski definition) is 0. The second-order valence-electron chi connectivity index (χ2n) is 10.8. The van der Waals surface area contributed by atoms with E-state index >= 15 is 0 Å². The Morgan fingerprint density at radius 2 is 1.15 bits per heavy atom. The van der Waals surface area contributed by atoms with Gasteiger partial charge < -0.3 is 14.2 Å². The van der Waals surface area contributed by atoms with Gasteiger partial charge in [0.2, 0.25) is 0 Å². The van der Waals surface area contributed by atoms with Crippen LogP contribution < -0.4 is 0 Å². The van der Waals surface area contributed by atoms with Crippen LogP contribution in [-0.4, -0.2) is 17.5 Å². The summed E-state index contributed by atoms with van der Waals surface area (Å²) >= 11 is 0. The van der Waals surface area contributed by atoms with Gasteiger partial charge in [0.1, 0.15) is 17.1 Å². The molecule has 5 heteroatoms. The van der Waals surface area contributed by atoms with E-state index in [1.165, 1.54) is 33.9 Å². The van der Waals surface area contributed by atoms with E-state index in [2.05, 4.69) is 63.5 Å². The molecule has 5 nitrogen and oxygen atoms in total. The Morgan fingerprint density at radius 3 is 1.56 bits per heavy atom. The minimum atomic E-state index is -0.412. The lowest BCUT2D eigenvalue weighted by atomic mass is 9.84. The minimum absolute atomic E-state index is 0.368. The highest BCUT2D eigenvalue weighted by Crippen LogP contribution is 2.38. The molecule has 4 aliphatic rings. The van der Waals surface area contributed by atoms with Gasteiger partial charge in [0.15, 0.2) is 0 Å². The van der Waals surface area contributed by atoms with E-state index in [1.54, 1.807) is 6.92 Å². The largest absolute Gasteiger partial charge is 0.488 e. The summed E-state index contributed by atoms with van der Waals surface area (Å²) in [5, 5.41) is 0. The zero-order chi connectivity index (χ0) is 28.0. The highest BCUT2D eigenvalue weighted by atomic mass is 16.5. The first-order chi connectivity index (χ1) is 18.6. The molecule has 0 saturated heterocycles. The third kappa shape index (κ3) is 7.38. The average molecular weight is 527 g/mol. The van der Waals surface area contributed by atoms with Crippen molar-refractivity contribution in [3.63, 3.8) is 0 Å². The van der Waals surface area contributed by atoms with Gasteiger partial charge in [-0.15, -0.1) is 0 Å². The molecule has 39 heavy (non-hydrogen) atoms. The summed E-state index contributed by atoms with van der Waals surface area (Å²) in [6.07, 6.45) is 24.6. The zero-order valence-electron chi connectivity index (χ0n) is 23.3. The van der Waals surface area contributed by atoms with Crippen molar-refractivity contribution >= 4 is 11.9 Å². The molecule has 0 amide bonds. The molecule has 0 heterocycles. The Balaban J connectivity index is 1.36. The van der Waals surface area contributed by atoms with Crippen molar-refractivity contribution in [3.8, 4) is 0 Å². The van der Waals surface area contributed by atoms with Crippen LogP contribution in [0.2, 0.25) is 0 Å². The van der Waals surface area contributed by atoms with Crippen LogP contribution in [0.4, 0.5) is 0 Å². The number of carbonyl (C=O) groups excluding carboxylic acids is 2. The quantitative estimate of drug-likeness (QED) is 0.224. The van der Waals surface area contributed by atoms with E-state index in [4.69, 9.17) is 14.2 Å². The van der Waals surface area contributed by atoms with Gasteiger partial charge in [0, 0.05) is 30.9 Å². The average Bonchev–Trinajstić information content (AvgIpc) is 2.94. The lowest BCUT2D eigenvalue weighted by molar-refractivity contribution is -0.135. The van der Waals surface area contributed by atoms with E-state index in [1.807, 2.05) is 12.2 Å². The minimum Gasteiger partial charge on any atom is -0.488 e. The predicted octanol–water partition coefficient (Wildman–Crippen LogP) is 8.09. The Bertz CT molecular complexity index is 1320. The molecule has 0 aromatic heterocycles. The molecule has 4 rings (SSSR count). The molecule has 0 aromatic carbocycles. The number of hydrogen-bond acceptors (Lipinski definition) is 5. The van der Waals surface area contributed by atoms with Crippen LogP contribution in [-0.2, 0) is 23.8 Å². The van der Waals surface area contributed by atoms with E-state index in [0.29, 0.717) is 29.9 Å². The van der Waals surface area contributed by atoms with Crippen LogP contribution in [0.1, 0.15) is 72.1 Å². The molecule has 0 saturated carbocycles. The standard InChI is InChI=1S/C34H38O5/c1-6-32(35)37-29-17-9-25(10-18-29)24-7-15-28(16-8-24)34(4,5)39-31-21-13-27(14-22-31)26-11-19-30(20-12-26)38-33(36)23(2)3/h6-7,9,11,13,15,17,19,21H,1-2,8,10,12,14,16,18,20,22H2,3-5H3. The van der Waals surface area contributed by atoms with Gasteiger partial charge in [0.05, 0.1) is 5.76 Å². The van der Waals surface area contributed by atoms with Crippen LogP contribution in [0.5, 0.6) is 0 Å². The molecule has 0 aliphatic heterocycles. The van der Waals surface area contributed by atoms with Crippen molar-refractivity contribution in [2.24, 2.45) is 0 Å². The van der Waals surface area contributed by atoms with Crippen molar-refractivity contribution in [2.75, 3.05) is 0 Å². The second kappa shape index (κ2) is 12.3. The molecule has 0 bridgehead atoms. The highest BCUT2D eigenvalue weighted by molar-refractivity contribution is 5.87. The summed E-state index contributed by atoms with van der Waals surface area (Å²) in [5.74, 6) is 1.61. The van der Waals surface area contributed by atoms with Gasteiger partial charge in [0.25, 0.3) is 0 Å². The second-order valence-corrected chi connectivity index (χ2v) is 10.8. The summed E-state index contributed by atoms with van der Waals surface area (Å²) in [5.41, 5.74) is 6.52. The van der Waals surface area contributed by atoms with Crippen molar-refractivity contribution in [2.45, 2.75) is 77.7 Å². The van der Waals surface area contributed by atoms with Gasteiger partial charge in [-0.2, -0.15) is 0 Å². The Labute approximate surface area is 232 Å². The highest BCUT2D eigenvalue weighted by Gasteiger charge is 2.29. The first kappa shape index (κ1) is 28.2. The normalized spacial score (nSPS) is 19.5. The zero-order valence-corrected chi connectivity index (χ0v) is 23.3. The SMILES string of the molecule is C=CC(=O)OC1=CC=C(C2=CC=C(C(C)(C)OC3=CC=C(C4=CC=C(OC(=O)C(=C)C)CC4)CC3)CC2)CC1. The summed E-state index contributed by atoms with van der Waals surface area (Å²) in [6.45, 7) is 13.0. The van der Waals surface area contributed by atoms with Crippen LogP contribution in [0, 0.1) is 0 Å². The maximum absolute atomic E-state index is 11.8. The summed E-state index contributed by atoms with van der Waals surface area (Å²) in [7, 11) is 0. The third-order valence-electron chi connectivity index (χ3n) is 7.44. The number of allylic oxidation sites excluding steroid dienone is 15. The summed E-state index contributed by atoms with van der Waals surface area (Å²) in [4.78, 5) is 23.2. The van der Waals surface area contributed by atoms with Crippen LogP contribution in [0.3, 0.4) is 0 Å². The number of rotatable bonds is 9. The van der Waals surface area contributed by atoms with Gasteiger partial charge >= 0.3 is 11.9 Å². The number of esters is 2. The van der Waals surface area contributed by atoms with Crippen molar-refractivity contribution in [1.82, 2.24) is 0 Å². The molecule has 4 aliphatic carbocycles. The first-order valence-corrected chi connectivity index (χ1v) is 13.7. The Morgan fingerprint density at radius 1 is 0.692 bits per heavy atom. The molecular weight excluding hydrogens is 488 g/mol. The Hall–Kier alpha value is -3.86. The third-order valence-corrected chi connectivity index (χ3v) is 7.44. The van der Waals surface area contributed by atoms with E-state index < -0.39 is 5.97 Å². The van der Waals surface area contributed by atoms with E-state index in [9.17, 15) is 9.59 Å². The monoisotopic (exact) mass is 526 g/mol. The van der Waals surface area contributed by atoms with Crippen molar-refractivity contribution < 1.29 is 23.8 Å². The van der Waals surface area contributed by atoms with Gasteiger partial charge in [-0.05, 0) is 99.0 Å². The number of ether oxygens (including phenoxy) is 3. The van der Waals surface area contributed by atoms with Gasteiger partial charge in [-0.1, -0.05) is 43.5 Å². The summed E-state index contributed by atoms with van der Waals surface area (Å²) < 4.78 is 17.1. The fourth-order valence-corrected chi connectivity index (χ4v) is 5.09. The molecule has 0 fully saturated rings. The molecule has 0 spiro atoms. The molecule has 0 atom stereocenters. The van der Waals surface area contributed by atoms with Crippen molar-refractivity contribution in [3.05, 3.63) is 119 Å². The van der Waals surface area contributed by atoms with Crippen LogP contribution in [0.15, 0.2) is 119 Å². The fraction of sp³-hybridized carbons (Fsp3) is 0.353. The van der Waals surface area contributed by atoms with Crippen molar-refractivity contribution in [1.29, 1.82) is 0 Å². The summed E-state index contributed by atoms with van der Waals surface area (Å²) in [6, 6.07) is 0. The van der Waals surface area contributed by atoms with Gasteiger partial charge in [-0.3, -0.25) is 0 Å². The smallest absolute Gasteiger partial charge is 0.338 e. The van der Waals surface area contributed by atoms with Crippen LogP contribution >= 0.6 is 0 Å². The maximum atomic E-state index is 11.8. The molecule has 204 valence electrons. The topological polar surface area (TPSA) is 61.8 Å². The fourth-order valence-electron chi connectivity index (χ4n) is 5.09. The van der Waals surface area contributed by atoms with Gasteiger partial charge in [-0.25, -0.2) is 9.59 Å². The maximum Gasteiger partial charge on any atom is 0.338 e. The molecular formula is C34H38O5. The molecule has 0 aromatic rings. The first-order valence-electron chi connectivity index (χ1n) is 13.7. The lowest BCUT2D eigenvalue weighted by Crippen LogP contribution is -2.28. The molecule has 0 radical (unpaired) electrons. The van der Waals surface area contributed by atoms with Crippen LogP contribution in [0.25, 0.3) is 0 Å². The predicted molar refractivity (Wildman–Crippen MR) is 154 cm³/mol. The molecule has 0 unspecified atom stereocenters. The molecule has 0 N–H and O–H groups in total.